The first kappa shape index (κ1) is 12.8. The topological polar surface area (TPSA) is 43.1 Å². The first-order valence-corrected chi connectivity index (χ1v) is 6.75. The fourth-order valence-electron chi connectivity index (χ4n) is 2.10. The largest absolute Gasteiger partial charge is 0.283 e. The Balaban J connectivity index is 2.28. The van der Waals surface area contributed by atoms with Crippen molar-refractivity contribution in [2.45, 2.75) is 31.6 Å². The molecule has 1 unspecified atom stereocenters. The smallest absolute Gasteiger partial charge is 0.258 e. The third-order valence-electron chi connectivity index (χ3n) is 3.53. The van der Waals surface area contributed by atoms with Crippen LogP contribution >= 0.6 is 27.5 Å². The molecule has 0 heterocycles. The normalized spacial score (nSPS) is 18.8. The molecule has 0 aromatic heterocycles. The average molecular weight is 319 g/mol. The van der Waals surface area contributed by atoms with Crippen LogP contribution < -0.4 is 0 Å². The van der Waals surface area contributed by atoms with Gasteiger partial charge in [0.1, 0.15) is 0 Å². The standard InChI is InChI=1S/C12H13BrClNO2/c1-8(14)12(5-6-12)7-9-3-2-4-10(11(9)13)15(16)17/h2-4,8H,5-7H2,1H3. The van der Waals surface area contributed by atoms with Gasteiger partial charge in [-0.2, -0.15) is 0 Å². The first-order chi connectivity index (χ1) is 7.96. The molecule has 0 N–H and O–H groups in total. The Labute approximate surface area is 113 Å². The van der Waals surface area contributed by atoms with Crippen LogP contribution in [0.1, 0.15) is 25.3 Å². The van der Waals surface area contributed by atoms with Crippen LogP contribution in [-0.2, 0) is 6.42 Å². The Morgan fingerprint density at radius 3 is 2.71 bits per heavy atom. The molecule has 1 aliphatic carbocycles. The van der Waals surface area contributed by atoms with Crippen LogP contribution in [0.25, 0.3) is 0 Å². The molecule has 5 heteroatoms. The van der Waals surface area contributed by atoms with Gasteiger partial charge >= 0.3 is 0 Å². The van der Waals surface area contributed by atoms with E-state index in [2.05, 4.69) is 15.9 Å². The number of rotatable bonds is 4. The van der Waals surface area contributed by atoms with Crippen LogP contribution in [-0.4, -0.2) is 10.3 Å². The van der Waals surface area contributed by atoms with Crippen molar-refractivity contribution in [1.82, 2.24) is 0 Å². The second-order valence-electron chi connectivity index (χ2n) is 4.66. The number of nitrogens with zero attached hydrogens (tertiary/aromatic N) is 1. The highest BCUT2D eigenvalue weighted by atomic mass is 79.9. The number of hydrogen-bond donors (Lipinski definition) is 0. The summed E-state index contributed by atoms with van der Waals surface area (Å²) in [5.41, 5.74) is 1.24. The Bertz CT molecular complexity index is 458. The van der Waals surface area contributed by atoms with E-state index in [4.69, 9.17) is 11.6 Å². The van der Waals surface area contributed by atoms with Crippen LogP contribution in [0.5, 0.6) is 0 Å². The van der Waals surface area contributed by atoms with Gasteiger partial charge in [0, 0.05) is 11.4 Å². The third kappa shape index (κ3) is 2.47. The highest BCUT2D eigenvalue weighted by Gasteiger charge is 2.46. The SMILES string of the molecule is CC(Cl)C1(Cc2cccc([N+](=O)[O-])c2Br)CC1. The lowest BCUT2D eigenvalue weighted by Gasteiger charge is -2.18. The molecule has 92 valence electrons. The number of nitro benzene ring substituents is 1. The monoisotopic (exact) mass is 317 g/mol. The zero-order valence-corrected chi connectivity index (χ0v) is 11.8. The van der Waals surface area contributed by atoms with Crippen LogP contribution in [0, 0.1) is 15.5 Å². The quantitative estimate of drug-likeness (QED) is 0.472. The predicted octanol–water partition coefficient (Wildman–Crippen LogP) is 4.31. The first-order valence-electron chi connectivity index (χ1n) is 5.52. The maximum Gasteiger partial charge on any atom is 0.283 e. The molecule has 0 aliphatic heterocycles. The molecule has 0 radical (unpaired) electrons. The minimum absolute atomic E-state index is 0.105. The Morgan fingerprint density at radius 2 is 2.24 bits per heavy atom. The van der Waals surface area contributed by atoms with Gasteiger partial charge in [-0.25, -0.2) is 0 Å². The van der Waals surface area contributed by atoms with E-state index < -0.39 is 0 Å². The minimum atomic E-state index is -0.364. The molecule has 17 heavy (non-hydrogen) atoms. The summed E-state index contributed by atoms with van der Waals surface area (Å²) in [7, 11) is 0. The second kappa shape index (κ2) is 4.58. The highest BCUT2D eigenvalue weighted by molar-refractivity contribution is 9.10. The summed E-state index contributed by atoms with van der Waals surface area (Å²) in [6.45, 7) is 2.00. The molecular formula is C12H13BrClNO2. The minimum Gasteiger partial charge on any atom is -0.258 e. The molecule has 0 saturated heterocycles. The number of alkyl halides is 1. The summed E-state index contributed by atoms with van der Waals surface area (Å²) < 4.78 is 0.591. The fraction of sp³-hybridized carbons (Fsp3) is 0.500. The summed E-state index contributed by atoms with van der Waals surface area (Å²) in [4.78, 5) is 10.5. The van der Waals surface area contributed by atoms with Gasteiger partial charge in [-0.1, -0.05) is 12.1 Å². The average Bonchev–Trinajstić information content (AvgIpc) is 3.02. The van der Waals surface area contributed by atoms with Gasteiger partial charge in [0.05, 0.1) is 9.40 Å². The molecule has 1 atom stereocenters. The summed E-state index contributed by atoms with van der Waals surface area (Å²) >= 11 is 9.51. The van der Waals surface area contributed by atoms with Gasteiger partial charge in [-0.05, 0) is 53.1 Å². The van der Waals surface area contributed by atoms with Gasteiger partial charge in [-0.3, -0.25) is 10.1 Å². The maximum absolute atomic E-state index is 10.8. The van der Waals surface area contributed by atoms with E-state index >= 15 is 0 Å². The van der Waals surface area contributed by atoms with Gasteiger partial charge in [0.15, 0.2) is 0 Å². The summed E-state index contributed by atoms with van der Waals surface area (Å²) in [6, 6.07) is 5.17. The van der Waals surface area contributed by atoms with Crippen molar-refractivity contribution in [2.75, 3.05) is 0 Å². The van der Waals surface area contributed by atoms with E-state index in [-0.39, 0.29) is 21.4 Å². The lowest BCUT2D eigenvalue weighted by Crippen LogP contribution is -2.16. The molecular weight excluding hydrogens is 305 g/mol. The zero-order valence-electron chi connectivity index (χ0n) is 9.45. The van der Waals surface area contributed by atoms with Gasteiger partial charge < -0.3 is 0 Å². The van der Waals surface area contributed by atoms with Crippen LogP contribution in [0.2, 0.25) is 0 Å². The molecule has 2 rings (SSSR count). The van der Waals surface area contributed by atoms with Crippen molar-refractivity contribution in [3.8, 4) is 0 Å². The number of halogens is 2. The third-order valence-corrected chi connectivity index (χ3v) is 4.91. The zero-order chi connectivity index (χ0) is 12.6. The summed E-state index contributed by atoms with van der Waals surface area (Å²) in [5, 5.41) is 10.9. The Morgan fingerprint density at radius 1 is 1.59 bits per heavy atom. The van der Waals surface area contributed by atoms with E-state index in [1.807, 2.05) is 13.0 Å². The molecule has 1 aromatic rings. The lowest BCUT2D eigenvalue weighted by atomic mass is 9.93. The van der Waals surface area contributed by atoms with Crippen molar-refractivity contribution in [2.24, 2.45) is 5.41 Å². The molecule has 1 aliphatic rings. The van der Waals surface area contributed by atoms with Crippen molar-refractivity contribution >= 4 is 33.2 Å². The number of benzene rings is 1. The van der Waals surface area contributed by atoms with E-state index in [0.717, 1.165) is 24.8 Å². The second-order valence-corrected chi connectivity index (χ2v) is 6.11. The van der Waals surface area contributed by atoms with Gasteiger partial charge in [0.25, 0.3) is 5.69 Å². The van der Waals surface area contributed by atoms with Crippen LogP contribution in [0.15, 0.2) is 22.7 Å². The fourth-order valence-corrected chi connectivity index (χ4v) is 2.94. The number of hydrogen-bond acceptors (Lipinski definition) is 2. The van der Waals surface area contributed by atoms with E-state index in [1.54, 1.807) is 6.07 Å². The van der Waals surface area contributed by atoms with Gasteiger partial charge in [-0.15, -0.1) is 11.6 Å². The van der Waals surface area contributed by atoms with E-state index in [0.29, 0.717) is 4.47 Å². The van der Waals surface area contributed by atoms with Crippen LogP contribution in [0.4, 0.5) is 5.69 Å². The van der Waals surface area contributed by atoms with Crippen LogP contribution in [0.3, 0.4) is 0 Å². The van der Waals surface area contributed by atoms with Crippen molar-refractivity contribution in [3.05, 3.63) is 38.3 Å². The van der Waals surface area contributed by atoms with E-state index in [9.17, 15) is 10.1 Å². The Hall–Kier alpha value is -0.610. The van der Waals surface area contributed by atoms with E-state index in [1.165, 1.54) is 6.07 Å². The van der Waals surface area contributed by atoms with Crippen molar-refractivity contribution in [1.29, 1.82) is 0 Å². The van der Waals surface area contributed by atoms with Crippen molar-refractivity contribution < 1.29 is 4.92 Å². The van der Waals surface area contributed by atoms with Crippen molar-refractivity contribution in [3.63, 3.8) is 0 Å². The molecule has 0 bridgehead atoms. The molecule has 0 amide bonds. The summed E-state index contributed by atoms with van der Waals surface area (Å²) in [5.74, 6) is 0. The highest BCUT2D eigenvalue weighted by Crippen LogP contribution is 2.54. The molecule has 1 aromatic carbocycles. The lowest BCUT2D eigenvalue weighted by molar-refractivity contribution is -0.385. The molecule has 1 saturated carbocycles. The Kier molecular flexibility index (Phi) is 3.46. The predicted molar refractivity (Wildman–Crippen MR) is 71.5 cm³/mol. The maximum atomic E-state index is 10.8. The summed E-state index contributed by atoms with van der Waals surface area (Å²) in [6.07, 6.45) is 3.01. The van der Waals surface area contributed by atoms with Gasteiger partial charge in [0.2, 0.25) is 0 Å². The molecule has 3 nitrogen and oxygen atoms in total. The molecule has 1 fully saturated rings. The number of nitro groups is 1. The molecule has 0 spiro atoms.